The molecule has 9 nitrogen and oxygen atoms in total. The van der Waals surface area contributed by atoms with Crippen LogP contribution in [-0.4, -0.2) is 55.9 Å². The van der Waals surface area contributed by atoms with Crippen molar-refractivity contribution >= 4 is 27.3 Å². The Morgan fingerprint density at radius 3 is 2.13 bits per heavy atom. The maximum atomic E-state index is 12.8. The van der Waals surface area contributed by atoms with E-state index in [2.05, 4.69) is 4.72 Å². The number of nitro groups is 1. The van der Waals surface area contributed by atoms with Gasteiger partial charge in [-0.25, -0.2) is 13.1 Å². The first-order chi connectivity index (χ1) is 14.5. The number of carbonyl (C=O) groups excluding carboxylic acids is 1. The third kappa shape index (κ3) is 5.39. The molecule has 10 heteroatoms. The van der Waals surface area contributed by atoms with E-state index in [0.717, 1.165) is 0 Å². The van der Waals surface area contributed by atoms with Crippen molar-refractivity contribution in [3.8, 4) is 0 Å². The van der Waals surface area contributed by atoms with Gasteiger partial charge in [0.1, 0.15) is 5.69 Å². The Bertz CT molecular complexity index is 1070. The van der Waals surface area contributed by atoms with Crippen LogP contribution in [-0.2, 0) is 10.0 Å². The average Bonchev–Trinajstić information content (AvgIpc) is 2.72. The Balaban J connectivity index is 1.67. The van der Waals surface area contributed by atoms with Crippen LogP contribution in [0.1, 0.15) is 31.1 Å². The quantitative estimate of drug-likeness (QED) is 0.558. The number of sulfonamides is 1. The second kappa shape index (κ2) is 8.64. The summed E-state index contributed by atoms with van der Waals surface area (Å²) in [5.74, 6) is -0.199. The molecule has 1 heterocycles. The first kappa shape index (κ1) is 22.7. The standard InChI is InChI=1S/C21H26N4O5S/c1-21(2,3)22-31(29,30)17-10-8-16(9-11-17)20(26)24-14-12-23(13-15-24)18-6-4-5-7-19(18)25(27)28/h4-11,22H,12-15H2,1-3H3. The average molecular weight is 447 g/mol. The summed E-state index contributed by atoms with van der Waals surface area (Å²) >= 11 is 0. The first-order valence-electron chi connectivity index (χ1n) is 9.90. The van der Waals surface area contributed by atoms with Gasteiger partial charge in [-0.2, -0.15) is 0 Å². The molecular weight excluding hydrogens is 420 g/mol. The number of amides is 1. The lowest BCUT2D eigenvalue weighted by Crippen LogP contribution is -2.49. The second-order valence-electron chi connectivity index (χ2n) is 8.40. The minimum absolute atomic E-state index is 0.0444. The molecular formula is C21H26N4O5S. The van der Waals surface area contributed by atoms with Crippen LogP contribution in [0.2, 0.25) is 0 Å². The number of benzene rings is 2. The van der Waals surface area contributed by atoms with Crippen molar-refractivity contribution in [2.24, 2.45) is 0 Å². The lowest BCUT2D eigenvalue weighted by Gasteiger charge is -2.35. The highest BCUT2D eigenvalue weighted by Crippen LogP contribution is 2.28. The zero-order chi connectivity index (χ0) is 22.8. The third-order valence-corrected chi connectivity index (χ3v) is 6.61. The van der Waals surface area contributed by atoms with E-state index in [9.17, 15) is 23.3 Å². The summed E-state index contributed by atoms with van der Waals surface area (Å²) in [5, 5.41) is 11.3. The molecule has 2 aromatic carbocycles. The monoisotopic (exact) mass is 446 g/mol. The Morgan fingerprint density at radius 1 is 1.00 bits per heavy atom. The van der Waals surface area contributed by atoms with Crippen LogP contribution in [0.15, 0.2) is 53.4 Å². The second-order valence-corrected chi connectivity index (χ2v) is 10.1. The molecule has 0 saturated carbocycles. The number of nitrogens with one attached hydrogen (secondary N) is 1. The van der Waals surface area contributed by atoms with Crippen molar-refractivity contribution in [2.75, 3.05) is 31.1 Å². The molecule has 1 amide bonds. The van der Waals surface area contributed by atoms with Crippen molar-refractivity contribution in [3.05, 3.63) is 64.2 Å². The summed E-state index contributed by atoms with van der Waals surface area (Å²) in [5.41, 5.74) is 0.373. The van der Waals surface area contributed by atoms with E-state index in [0.29, 0.717) is 37.4 Å². The van der Waals surface area contributed by atoms with Crippen LogP contribution in [0.3, 0.4) is 0 Å². The van der Waals surface area contributed by atoms with Gasteiger partial charge in [-0.05, 0) is 51.1 Å². The highest BCUT2D eigenvalue weighted by atomic mass is 32.2. The lowest BCUT2D eigenvalue weighted by atomic mass is 10.1. The molecule has 1 aliphatic rings. The van der Waals surface area contributed by atoms with Crippen molar-refractivity contribution in [1.29, 1.82) is 0 Å². The Labute approximate surface area is 181 Å². The van der Waals surface area contributed by atoms with Gasteiger partial charge in [0.2, 0.25) is 10.0 Å². The predicted octanol–water partition coefficient (Wildman–Crippen LogP) is 2.63. The van der Waals surface area contributed by atoms with Gasteiger partial charge in [0.25, 0.3) is 11.6 Å². The van der Waals surface area contributed by atoms with Crippen molar-refractivity contribution in [1.82, 2.24) is 9.62 Å². The highest BCUT2D eigenvalue weighted by Gasteiger charge is 2.27. The predicted molar refractivity (Wildman–Crippen MR) is 118 cm³/mol. The van der Waals surface area contributed by atoms with E-state index in [1.54, 1.807) is 43.9 Å². The molecule has 3 rings (SSSR count). The largest absolute Gasteiger partial charge is 0.362 e. The number of para-hydroxylation sites is 2. The summed E-state index contributed by atoms with van der Waals surface area (Å²) in [6, 6.07) is 12.4. The Hall–Kier alpha value is -2.98. The molecule has 0 aromatic heterocycles. The van der Waals surface area contributed by atoms with Crippen molar-refractivity contribution in [3.63, 3.8) is 0 Å². The summed E-state index contributed by atoms with van der Waals surface area (Å²) in [6.45, 7) is 7.04. The van der Waals surface area contributed by atoms with Gasteiger partial charge in [-0.15, -0.1) is 0 Å². The van der Waals surface area contributed by atoms with Crippen LogP contribution in [0, 0.1) is 10.1 Å². The van der Waals surface area contributed by atoms with Crippen LogP contribution >= 0.6 is 0 Å². The zero-order valence-electron chi connectivity index (χ0n) is 17.7. The fourth-order valence-electron chi connectivity index (χ4n) is 3.46. The number of anilines is 1. The van der Waals surface area contributed by atoms with E-state index >= 15 is 0 Å². The van der Waals surface area contributed by atoms with Gasteiger partial charge in [-0.1, -0.05) is 12.1 Å². The van der Waals surface area contributed by atoms with E-state index in [-0.39, 0.29) is 16.5 Å². The number of piperazine rings is 1. The number of rotatable bonds is 5. The summed E-state index contributed by atoms with van der Waals surface area (Å²) < 4.78 is 27.4. The maximum Gasteiger partial charge on any atom is 0.292 e. The van der Waals surface area contributed by atoms with Gasteiger partial charge in [0, 0.05) is 43.3 Å². The number of hydrogen-bond acceptors (Lipinski definition) is 6. The molecule has 1 saturated heterocycles. The maximum absolute atomic E-state index is 12.8. The summed E-state index contributed by atoms with van der Waals surface area (Å²) in [4.78, 5) is 27.4. The Morgan fingerprint density at radius 2 is 1.58 bits per heavy atom. The molecule has 1 N–H and O–H groups in total. The number of hydrogen-bond donors (Lipinski definition) is 1. The SMILES string of the molecule is CC(C)(C)NS(=O)(=O)c1ccc(C(=O)N2CCN(c3ccccc3[N+](=O)[O-])CC2)cc1. The number of nitrogens with zero attached hydrogens (tertiary/aromatic N) is 3. The summed E-state index contributed by atoms with van der Waals surface area (Å²) in [7, 11) is -3.67. The molecule has 166 valence electrons. The van der Waals surface area contributed by atoms with Gasteiger partial charge < -0.3 is 9.80 Å². The van der Waals surface area contributed by atoms with E-state index < -0.39 is 20.5 Å². The van der Waals surface area contributed by atoms with Crippen molar-refractivity contribution in [2.45, 2.75) is 31.2 Å². The molecule has 0 radical (unpaired) electrons. The molecule has 1 aliphatic heterocycles. The van der Waals surface area contributed by atoms with Gasteiger partial charge in [0.05, 0.1) is 9.82 Å². The molecule has 1 fully saturated rings. The van der Waals surface area contributed by atoms with Crippen LogP contribution < -0.4 is 9.62 Å². The van der Waals surface area contributed by atoms with E-state index in [1.807, 2.05) is 4.90 Å². The van der Waals surface area contributed by atoms with Crippen LogP contribution in [0.5, 0.6) is 0 Å². The van der Waals surface area contributed by atoms with Gasteiger partial charge in [0.15, 0.2) is 0 Å². The first-order valence-corrected chi connectivity index (χ1v) is 11.4. The fourth-order valence-corrected chi connectivity index (χ4v) is 4.88. The smallest absolute Gasteiger partial charge is 0.292 e. The molecule has 0 unspecified atom stereocenters. The topological polar surface area (TPSA) is 113 Å². The van der Waals surface area contributed by atoms with E-state index in [4.69, 9.17) is 0 Å². The normalized spacial score (nSPS) is 15.1. The number of nitro benzene ring substituents is 1. The molecule has 2 aromatic rings. The molecule has 31 heavy (non-hydrogen) atoms. The lowest BCUT2D eigenvalue weighted by molar-refractivity contribution is -0.384. The van der Waals surface area contributed by atoms with Crippen LogP contribution in [0.25, 0.3) is 0 Å². The molecule has 0 aliphatic carbocycles. The summed E-state index contributed by atoms with van der Waals surface area (Å²) in [6.07, 6.45) is 0. The van der Waals surface area contributed by atoms with Crippen LogP contribution in [0.4, 0.5) is 11.4 Å². The minimum Gasteiger partial charge on any atom is -0.362 e. The third-order valence-electron chi connectivity index (χ3n) is 4.84. The Kier molecular flexibility index (Phi) is 6.33. The fraction of sp³-hybridized carbons (Fsp3) is 0.381. The molecule has 0 bridgehead atoms. The van der Waals surface area contributed by atoms with Gasteiger partial charge >= 0.3 is 0 Å². The van der Waals surface area contributed by atoms with E-state index in [1.165, 1.54) is 30.3 Å². The molecule has 0 atom stereocenters. The molecule has 0 spiro atoms. The minimum atomic E-state index is -3.67. The van der Waals surface area contributed by atoms with Crippen molar-refractivity contribution < 1.29 is 18.1 Å². The zero-order valence-corrected chi connectivity index (χ0v) is 18.6. The van der Waals surface area contributed by atoms with Gasteiger partial charge in [-0.3, -0.25) is 14.9 Å². The number of carbonyl (C=O) groups is 1. The highest BCUT2D eigenvalue weighted by molar-refractivity contribution is 7.89.